The summed E-state index contributed by atoms with van der Waals surface area (Å²) in [6.07, 6.45) is -0.498. The molecule has 1 N–H and O–H groups in total. The lowest BCUT2D eigenvalue weighted by Crippen LogP contribution is -2.57. The number of nitrogens with one attached hydrogen (secondary N) is 1. The topological polar surface area (TPSA) is 67.9 Å². The van der Waals surface area contributed by atoms with Gasteiger partial charge in [0.15, 0.2) is 0 Å². The van der Waals surface area contributed by atoms with Crippen molar-refractivity contribution in [2.45, 2.75) is 6.04 Å². The van der Waals surface area contributed by atoms with Crippen LogP contribution in [0.5, 0.6) is 0 Å². The van der Waals surface area contributed by atoms with Crippen LogP contribution in [0.25, 0.3) is 0 Å². The second-order valence-electron chi connectivity index (χ2n) is 2.91. The standard InChI is InChI=1S/C8H14N2O4/c1-13-7(11)6-5-9-3-4-10(6)8(12)14-2/h6,9H,3-5H2,1-2H3. The van der Waals surface area contributed by atoms with E-state index in [2.05, 4.69) is 14.8 Å². The summed E-state index contributed by atoms with van der Waals surface area (Å²) in [6.45, 7) is 1.51. The van der Waals surface area contributed by atoms with E-state index in [0.717, 1.165) is 0 Å². The first-order chi connectivity index (χ1) is 6.70. The maximum Gasteiger partial charge on any atom is 0.410 e. The highest BCUT2D eigenvalue weighted by molar-refractivity contribution is 5.81. The number of ether oxygens (including phenoxy) is 2. The number of nitrogens with zero attached hydrogens (tertiary/aromatic N) is 1. The first-order valence-electron chi connectivity index (χ1n) is 4.34. The molecule has 0 saturated carbocycles. The Morgan fingerprint density at radius 2 is 2.07 bits per heavy atom. The normalized spacial score (nSPS) is 21.6. The molecule has 0 aromatic rings. The molecule has 0 bridgehead atoms. The van der Waals surface area contributed by atoms with E-state index in [1.165, 1.54) is 19.1 Å². The van der Waals surface area contributed by atoms with E-state index in [-0.39, 0.29) is 0 Å². The first-order valence-corrected chi connectivity index (χ1v) is 4.34. The van der Waals surface area contributed by atoms with Gasteiger partial charge in [-0.3, -0.25) is 4.90 Å². The Morgan fingerprint density at radius 3 is 2.64 bits per heavy atom. The molecule has 1 rings (SSSR count). The summed E-state index contributed by atoms with van der Waals surface area (Å²) < 4.78 is 9.15. The zero-order valence-corrected chi connectivity index (χ0v) is 8.28. The van der Waals surface area contributed by atoms with E-state index in [1.807, 2.05) is 0 Å². The van der Waals surface area contributed by atoms with E-state index in [0.29, 0.717) is 19.6 Å². The minimum atomic E-state index is -0.582. The molecule has 1 fully saturated rings. The third-order valence-electron chi connectivity index (χ3n) is 2.13. The monoisotopic (exact) mass is 202 g/mol. The van der Waals surface area contributed by atoms with Crippen LogP contribution < -0.4 is 5.32 Å². The van der Waals surface area contributed by atoms with Gasteiger partial charge in [-0.15, -0.1) is 0 Å². The second-order valence-corrected chi connectivity index (χ2v) is 2.91. The van der Waals surface area contributed by atoms with Gasteiger partial charge in [-0.2, -0.15) is 0 Å². The molecule has 6 nitrogen and oxygen atoms in total. The van der Waals surface area contributed by atoms with Gasteiger partial charge in [0.2, 0.25) is 0 Å². The first kappa shape index (κ1) is 10.8. The zero-order valence-electron chi connectivity index (χ0n) is 8.28. The zero-order chi connectivity index (χ0) is 10.6. The summed E-state index contributed by atoms with van der Waals surface area (Å²) in [6, 6.07) is -0.582. The molecule has 0 spiro atoms. The number of amides is 1. The predicted molar refractivity (Wildman–Crippen MR) is 47.8 cm³/mol. The van der Waals surface area contributed by atoms with E-state index in [1.54, 1.807) is 0 Å². The lowest BCUT2D eigenvalue weighted by molar-refractivity contribution is -0.146. The maximum absolute atomic E-state index is 11.3. The second kappa shape index (κ2) is 4.80. The maximum atomic E-state index is 11.3. The highest BCUT2D eigenvalue weighted by Gasteiger charge is 2.33. The molecule has 1 unspecified atom stereocenters. The Bertz CT molecular complexity index is 207. The van der Waals surface area contributed by atoms with Crippen LogP contribution in [0.3, 0.4) is 0 Å². The Hall–Kier alpha value is -1.30. The molecule has 1 heterocycles. The van der Waals surface area contributed by atoms with Crippen molar-refractivity contribution in [3.05, 3.63) is 0 Å². The van der Waals surface area contributed by atoms with Crippen molar-refractivity contribution in [1.29, 1.82) is 0 Å². The Labute approximate surface area is 82.1 Å². The Balaban J connectivity index is 2.68. The van der Waals surface area contributed by atoms with Crippen molar-refractivity contribution in [2.24, 2.45) is 0 Å². The fraction of sp³-hybridized carbons (Fsp3) is 0.750. The summed E-state index contributed by atoms with van der Waals surface area (Å²) in [5, 5.41) is 3.01. The molecule has 1 atom stereocenters. The van der Waals surface area contributed by atoms with E-state index < -0.39 is 18.1 Å². The number of methoxy groups -OCH3 is 2. The summed E-state index contributed by atoms with van der Waals surface area (Å²) in [5.74, 6) is -0.428. The van der Waals surface area contributed by atoms with Gasteiger partial charge in [-0.05, 0) is 0 Å². The molecule has 1 saturated heterocycles. The molecule has 0 aromatic heterocycles. The van der Waals surface area contributed by atoms with Gasteiger partial charge in [0.1, 0.15) is 6.04 Å². The molecule has 14 heavy (non-hydrogen) atoms. The van der Waals surface area contributed by atoms with Gasteiger partial charge in [0.25, 0.3) is 0 Å². The van der Waals surface area contributed by atoms with Crippen molar-refractivity contribution in [1.82, 2.24) is 10.2 Å². The third kappa shape index (κ3) is 2.14. The van der Waals surface area contributed by atoms with Crippen LogP contribution in [-0.2, 0) is 14.3 Å². The number of piperazine rings is 1. The summed E-state index contributed by atoms with van der Waals surface area (Å²) in [7, 11) is 2.59. The van der Waals surface area contributed by atoms with Gasteiger partial charge < -0.3 is 14.8 Å². The molecule has 1 amide bonds. The van der Waals surface area contributed by atoms with Crippen LogP contribution in [-0.4, -0.2) is 56.9 Å². The largest absolute Gasteiger partial charge is 0.467 e. The molecule has 0 aliphatic carbocycles. The fourth-order valence-electron chi connectivity index (χ4n) is 1.39. The lowest BCUT2D eigenvalue weighted by Gasteiger charge is -2.32. The van der Waals surface area contributed by atoms with Crippen LogP contribution in [0, 0.1) is 0 Å². The third-order valence-corrected chi connectivity index (χ3v) is 2.13. The molecule has 6 heteroatoms. The molecular formula is C8H14N2O4. The number of carbonyl (C=O) groups excluding carboxylic acids is 2. The van der Waals surface area contributed by atoms with Crippen molar-refractivity contribution in [3.8, 4) is 0 Å². The van der Waals surface area contributed by atoms with Gasteiger partial charge in [0.05, 0.1) is 14.2 Å². The molecule has 1 aliphatic heterocycles. The number of rotatable bonds is 1. The van der Waals surface area contributed by atoms with Crippen molar-refractivity contribution < 1.29 is 19.1 Å². The van der Waals surface area contributed by atoms with Crippen molar-refractivity contribution >= 4 is 12.1 Å². The quantitative estimate of drug-likeness (QED) is 0.564. The SMILES string of the molecule is COC(=O)C1CNCCN1C(=O)OC. The summed E-state index contributed by atoms with van der Waals surface area (Å²) in [5.41, 5.74) is 0. The highest BCUT2D eigenvalue weighted by Crippen LogP contribution is 2.06. The summed E-state index contributed by atoms with van der Waals surface area (Å²) >= 11 is 0. The minimum Gasteiger partial charge on any atom is -0.467 e. The van der Waals surface area contributed by atoms with E-state index in [9.17, 15) is 9.59 Å². The van der Waals surface area contributed by atoms with Crippen LogP contribution >= 0.6 is 0 Å². The molecule has 1 aliphatic rings. The Morgan fingerprint density at radius 1 is 1.36 bits per heavy atom. The van der Waals surface area contributed by atoms with Gasteiger partial charge >= 0.3 is 12.1 Å². The van der Waals surface area contributed by atoms with Gasteiger partial charge in [-0.1, -0.05) is 0 Å². The smallest absolute Gasteiger partial charge is 0.410 e. The Kier molecular flexibility index (Phi) is 3.70. The average molecular weight is 202 g/mol. The van der Waals surface area contributed by atoms with Gasteiger partial charge in [0, 0.05) is 19.6 Å². The van der Waals surface area contributed by atoms with Crippen molar-refractivity contribution in [2.75, 3.05) is 33.9 Å². The molecular weight excluding hydrogens is 188 g/mol. The van der Waals surface area contributed by atoms with Crippen LogP contribution in [0.15, 0.2) is 0 Å². The molecule has 0 aromatic carbocycles. The number of esters is 1. The summed E-state index contributed by atoms with van der Waals surface area (Å²) in [4.78, 5) is 23.9. The van der Waals surface area contributed by atoms with E-state index in [4.69, 9.17) is 0 Å². The predicted octanol–water partition coefficient (Wildman–Crippen LogP) is -0.800. The molecule has 0 radical (unpaired) electrons. The van der Waals surface area contributed by atoms with Crippen LogP contribution in [0.4, 0.5) is 4.79 Å². The highest BCUT2D eigenvalue weighted by atomic mass is 16.5. The van der Waals surface area contributed by atoms with Gasteiger partial charge in [-0.25, -0.2) is 9.59 Å². The molecule has 80 valence electrons. The fourth-order valence-corrected chi connectivity index (χ4v) is 1.39. The lowest BCUT2D eigenvalue weighted by atomic mass is 10.2. The number of carbonyl (C=O) groups is 2. The minimum absolute atomic E-state index is 0.405. The van der Waals surface area contributed by atoms with E-state index >= 15 is 0 Å². The average Bonchev–Trinajstić information content (AvgIpc) is 2.27. The van der Waals surface area contributed by atoms with Crippen LogP contribution in [0.1, 0.15) is 0 Å². The van der Waals surface area contributed by atoms with Crippen LogP contribution in [0.2, 0.25) is 0 Å². The number of hydrogen-bond acceptors (Lipinski definition) is 5. The number of hydrogen-bond donors (Lipinski definition) is 1. The van der Waals surface area contributed by atoms with Crippen molar-refractivity contribution in [3.63, 3.8) is 0 Å².